The molecule has 86 valence electrons. The monoisotopic (exact) mass is 218 g/mol. The van der Waals surface area contributed by atoms with Gasteiger partial charge in [0.15, 0.2) is 0 Å². The minimum Gasteiger partial charge on any atom is -0.496 e. The Morgan fingerprint density at radius 2 is 2.19 bits per heavy atom. The van der Waals surface area contributed by atoms with Gasteiger partial charge in [-0.1, -0.05) is 13.0 Å². The van der Waals surface area contributed by atoms with Crippen molar-refractivity contribution in [1.29, 1.82) is 0 Å². The van der Waals surface area contributed by atoms with Crippen molar-refractivity contribution in [1.82, 2.24) is 9.88 Å². The summed E-state index contributed by atoms with van der Waals surface area (Å²) in [6.07, 6.45) is 2.12. The number of methoxy groups -OCH3 is 1. The zero-order valence-electron chi connectivity index (χ0n) is 9.86. The van der Waals surface area contributed by atoms with Crippen LogP contribution in [-0.4, -0.2) is 24.8 Å². The lowest BCUT2D eigenvalue weighted by atomic mass is 10.2. The van der Waals surface area contributed by atoms with Gasteiger partial charge in [0.05, 0.1) is 12.6 Å². The number of aromatic nitrogens is 1. The van der Waals surface area contributed by atoms with E-state index in [4.69, 9.17) is 4.74 Å². The van der Waals surface area contributed by atoms with E-state index in [-0.39, 0.29) is 0 Å². The SMILES string of the molecule is CCNCCn1ccc2c(OC)cccc21. The number of nitrogens with zero attached hydrogens (tertiary/aromatic N) is 1. The van der Waals surface area contributed by atoms with E-state index < -0.39 is 0 Å². The predicted molar refractivity (Wildman–Crippen MR) is 67.0 cm³/mol. The standard InChI is InChI=1S/C13H18N2O/c1-3-14-8-10-15-9-7-11-12(15)5-4-6-13(11)16-2/h4-7,9,14H,3,8,10H2,1-2H3. The topological polar surface area (TPSA) is 26.2 Å². The number of likely N-dealkylation sites (N-methyl/N-ethyl adjacent to an activating group) is 1. The summed E-state index contributed by atoms with van der Waals surface area (Å²) in [4.78, 5) is 0. The molecule has 0 amide bonds. The van der Waals surface area contributed by atoms with E-state index in [2.05, 4.69) is 35.1 Å². The first kappa shape index (κ1) is 11.0. The molecule has 0 saturated carbocycles. The van der Waals surface area contributed by atoms with Gasteiger partial charge in [0.2, 0.25) is 0 Å². The fourth-order valence-corrected chi connectivity index (χ4v) is 1.94. The maximum Gasteiger partial charge on any atom is 0.128 e. The van der Waals surface area contributed by atoms with Gasteiger partial charge in [-0.25, -0.2) is 0 Å². The van der Waals surface area contributed by atoms with Crippen molar-refractivity contribution < 1.29 is 4.74 Å². The van der Waals surface area contributed by atoms with Crippen LogP contribution in [0.4, 0.5) is 0 Å². The molecule has 1 heterocycles. The molecule has 0 radical (unpaired) electrons. The third-order valence-electron chi connectivity index (χ3n) is 2.77. The molecule has 0 unspecified atom stereocenters. The maximum atomic E-state index is 5.34. The zero-order chi connectivity index (χ0) is 11.4. The van der Waals surface area contributed by atoms with Gasteiger partial charge in [0, 0.05) is 24.7 Å². The first-order chi connectivity index (χ1) is 7.86. The molecule has 0 saturated heterocycles. The second-order valence-corrected chi connectivity index (χ2v) is 3.76. The summed E-state index contributed by atoms with van der Waals surface area (Å²) in [5, 5.41) is 4.51. The molecule has 2 aromatic rings. The fraction of sp³-hybridized carbons (Fsp3) is 0.385. The van der Waals surface area contributed by atoms with Crippen molar-refractivity contribution in [2.24, 2.45) is 0 Å². The zero-order valence-corrected chi connectivity index (χ0v) is 9.86. The second kappa shape index (κ2) is 5.03. The summed E-state index contributed by atoms with van der Waals surface area (Å²) in [7, 11) is 1.71. The van der Waals surface area contributed by atoms with Crippen LogP contribution in [0.1, 0.15) is 6.92 Å². The van der Waals surface area contributed by atoms with Crippen LogP contribution in [0, 0.1) is 0 Å². The van der Waals surface area contributed by atoms with Crippen LogP contribution in [0.25, 0.3) is 10.9 Å². The van der Waals surface area contributed by atoms with Gasteiger partial charge in [-0.3, -0.25) is 0 Å². The normalized spacial score (nSPS) is 10.9. The van der Waals surface area contributed by atoms with E-state index in [0.29, 0.717) is 0 Å². The van der Waals surface area contributed by atoms with Crippen molar-refractivity contribution in [3.8, 4) is 5.75 Å². The highest BCUT2D eigenvalue weighted by Gasteiger charge is 2.04. The third kappa shape index (κ3) is 2.04. The number of nitrogens with one attached hydrogen (secondary N) is 1. The Hall–Kier alpha value is -1.48. The van der Waals surface area contributed by atoms with E-state index in [1.54, 1.807) is 7.11 Å². The molecule has 0 aliphatic heterocycles. The Balaban J connectivity index is 2.27. The van der Waals surface area contributed by atoms with E-state index in [1.165, 1.54) is 10.9 Å². The molecule has 0 fully saturated rings. The molecule has 1 aromatic carbocycles. The number of ether oxygens (including phenoxy) is 1. The van der Waals surface area contributed by atoms with Crippen LogP contribution >= 0.6 is 0 Å². The molecular formula is C13H18N2O. The Bertz CT molecular complexity index is 462. The first-order valence-corrected chi connectivity index (χ1v) is 5.69. The van der Waals surface area contributed by atoms with E-state index in [1.807, 2.05) is 12.1 Å². The predicted octanol–water partition coefficient (Wildman–Crippen LogP) is 2.26. The van der Waals surface area contributed by atoms with Gasteiger partial charge in [0.25, 0.3) is 0 Å². The molecule has 2 rings (SSSR count). The molecule has 1 aromatic heterocycles. The van der Waals surface area contributed by atoms with Crippen LogP contribution in [-0.2, 0) is 6.54 Å². The van der Waals surface area contributed by atoms with E-state index >= 15 is 0 Å². The minimum atomic E-state index is 0.944. The van der Waals surface area contributed by atoms with Crippen molar-refractivity contribution in [2.45, 2.75) is 13.5 Å². The molecule has 1 N–H and O–H groups in total. The van der Waals surface area contributed by atoms with Crippen LogP contribution in [0.5, 0.6) is 5.75 Å². The molecule has 3 nitrogen and oxygen atoms in total. The third-order valence-corrected chi connectivity index (χ3v) is 2.77. The summed E-state index contributed by atoms with van der Waals surface area (Å²) in [6.45, 7) is 5.13. The molecular weight excluding hydrogens is 200 g/mol. The molecule has 0 aliphatic rings. The summed E-state index contributed by atoms with van der Waals surface area (Å²) >= 11 is 0. The Morgan fingerprint density at radius 3 is 2.94 bits per heavy atom. The van der Waals surface area contributed by atoms with Crippen molar-refractivity contribution >= 4 is 10.9 Å². The Morgan fingerprint density at radius 1 is 1.31 bits per heavy atom. The first-order valence-electron chi connectivity index (χ1n) is 5.69. The molecule has 0 bridgehead atoms. The second-order valence-electron chi connectivity index (χ2n) is 3.76. The summed E-state index contributed by atoms with van der Waals surface area (Å²) in [5.74, 6) is 0.944. The van der Waals surface area contributed by atoms with Crippen molar-refractivity contribution in [3.63, 3.8) is 0 Å². The van der Waals surface area contributed by atoms with Crippen LogP contribution in [0.3, 0.4) is 0 Å². The Kier molecular flexibility index (Phi) is 3.47. The van der Waals surface area contributed by atoms with Gasteiger partial charge in [-0.15, -0.1) is 0 Å². The molecule has 0 aliphatic carbocycles. The molecule has 3 heteroatoms. The van der Waals surface area contributed by atoms with Gasteiger partial charge in [-0.05, 0) is 24.7 Å². The van der Waals surface area contributed by atoms with Crippen LogP contribution in [0.15, 0.2) is 30.5 Å². The van der Waals surface area contributed by atoms with Crippen molar-refractivity contribution in [2.75, 3.05) is 20.2 Å². The molecule has 0 atom stereocenters. The van der Waals surface area contributed by atoms with Crippen LogP contribution in [0.2, 0.25) is 0 Å². The molecule has 0 spiro atoms. The smallest absolute Gasteiger partial charge is 0.128 e. The lowest BCUT2D eigenvalue weighted by Gasteiger charge is -2.07. The number of benzene rings is 1. The number of hydrogen-bond acceptors (Lipinski definition) is 2. The highest BCUT2D eigenvalue weighted by molar-refractivity contribution is 5.86. The number of fused-ring (bicyclic) bond motifs is 1. The minimum absolute atomic E-state index is 0.944. The fourth-order valence-electron chi connectivity index (χ4n) is 1.94. The highest BCUT2D eigenvalue weighted by Crippen LogP contribution is 2.25. The largest absolute Gasteiger partial charge is 0.496 e. The Labute approximate surface area is 96.0 Å². The number of rotatable bonds is 5. The van der Waals surface area contributed by atoms with Gasteiger partial charge < -0.3 is 14.6 Å². The summed E-state index contributed by atoms with van der Waals surface area (Å²) < 4.78 is 7.59. The summed E-state index contributed by atoms with van der Waals surface area (Å²) in [6, 6.07) is 8.27. The lowest BCUT2D eigenvalue weighted by Crippen LogP contribution is -2.18. The number of hydrogen-bond donors (Lipinski definition) is 1. The van der Waals surface area contributed by atoms with E-state index in [0.717, 1.165) is 25.4 Å². The molecule has 16 heavy (non-hydrogen) atoms. The van der Waals surface area contributed by atoms with E-state index in [9.17, 15) is 0 Å². The van der Waals surface area contributed by atoms with Gasteiger partial charge >= 0.3 is 0 Å². The quantitative estimate of drug-likeness (QED) is 0.779. The summed E-state index contributed by atoms with van der Waals surface area (Å²) in [5.41, 5.74) is 1.23. The highest BCUT2D eigenvalue weighted by atomic mass is 16.5. The van der Waals surface area contributed by atoms with Gasteiger partial charge in [-0.2, -0.15) is 0 Å². The lowest BCUT2D eigenvalue weighted by molar-refractivity contribution is 0.420. The van der Waals surface area contributed by atoms with Gasteiger partial charge in [0.1, 0.15) is 5.75 Å². The average Bonchev–Trinajstić information content (AvgIpc) is 2.73. The average molecular weight is 218 g/mol. The van der Waals surface area contributed by atoms with Crippen molar-refractivity contribution in [3.05, 3.63) is 30.5 Å². The van der Waals surface area contributed by atoms with Crippen LogP contribution < -0.4 is 10.1 Å². The maximum absolute atomic E-state index is 5.34.